The number of aryl methyl sites for hydroxylation is 1. The van der Waals surface area contributed by atoms with Crippen LogP contribution < -0.4 is 11.3 Å². The van der Waals surface area contributed by atoms with Crippen LogP contribution in [0.5, 0.6) is 0 Å². The molecule has 1 aromatic heterocycles. The molecule has 150 valence electrons. The monoisotopic (exact) mass is 419 g/mol. The number of amides is 1. The average Bonchev–Trinajstić information content (AvgIpc) is 2.75. The van der Waals surface area contributed by atoms with Crippen molar-refractivity contribution in [3.8, 4) is 5.69 Å². The molecule has 5 nitrogen and oxygen atoms in total. The molecule has 7 heteroatoms. The van der Waals surface area contributed by atoms with Crippen LogP contribution in [0.3, 0.4) is 0 Å². The Balaban J connectivity index is 1.81. The first-order valence-corrected chi connectivity index (χ1v) is 10.2. The first-order chi connectivity index (χ1) is 14.4. The number of halogens is 1. The minimum absolute atomic E-state index is 0.266. The number of nitrogens with two attached hydrogens (primary N) is 1. The lowest BCUT2D eigenvalue weighted by molar-refractivity contribution is 0.1000. The van der Waals surface area contributed by atoms with E-state index < -0.39 is 11.7 Å². The van der Waals surface area contributed by atoms with Crippen LogP contribution in [0.4, 0.5) is 4.39 Å². The predicted molar refractivity (Wildman–Crippen MR) is 117 cm³/mol. The molecule has 0 bridgehead atoms. The van der Waals surface area contributed by atoms with Crippen molar-refractivity contribution in [3.63, 3.8) is 0 Å². The normalized spacial score (nSPS) is 11.0. The summed E-state index contributed by atoms with van der Waals surface area (Å²) in [4.78, 5) is 29.3. The van der Waals surface area contributed by atoms with Gasteiger partial charge in [-0.1, -0.05) is 42.1 Å². The lowest BCUT2D eigenvalue weighted by Gasteiger charge is -2.14. The summed E-state index contributed by atoms with van der Waals surface area (Å²) in [5.74, 6) is -0.435. The van der Waals surface area contributed by atoms with Crippen LogP contribution in [0.25, 0.3) is 16.6 Å². The highest BCUT2D eigenvalue weighted by Crippen LogP contribution is 2.25. The van der Waals surface area contributed by atoms with Gasteiger partial charge in [-0.2, -0.15) is 0 Å². The second-order valence-corrected chi connectivity index (χ2v) is 7.78. The summed E-state index contributed by atoms with van der Waals surface area (Å²) in [6.07, 6.45) is 0. The van der Waals surface area contributed by atoms with E-state index >= 15 is 0 Å². The molecular formula is C23H18FN3O2S. The molecule has 0 aliphatic rings. The Hall–Kier alpha value is -3.45. The van der Waals surface area contributed by atoms with Crippen molar-refractivity contribution in [3.05, 3.63) is 99.6 Å². The topological polar surface area (TPSA) is 78.0 Å². The van der Waals surface area contributed by atoms with Gasteiger partial charge in [-0.05, 0) is 54.4 Å². The third kappa shape index (κ3) is 3.84. The van der Waals surface area contributed by atoms with E-state index in [0.717, 1.165) is 5.56 Å². The van der Waals surface area contributed by atoms with E-state index in [1.165, 1.54) is 22.4 Å². The number of hydrogen-bond donors (Lipinski definition) is 1. The van der Waals surface area contributed by atoms with E-state index in [2.05, 4.69) is 4.98 Å². The van der Waals surface area contributed by atoms with Gasteiger partial charge in [-0.3, -0.25) is 14.2 Å². The molecule has 2 N–H and O–H groups in total. The van der Waals surface area contributed by atoms with Crippen molar-refractivity contribution in [2.24, 2.45) is 5.73 Å². The molecule has 0 spiro atoms. The van der Waals surface area contributed by atoms with Crippen LogP contribution in [-0.2, 0) is 5.75 Å². The number of thioether (sulfide) groups is 1. The molecule has 0 saturated heterocycles. The van der Waals surface area contributed by atoms with E-state index in [9.17, 15) is 14.0 Å². The quantitative estimate of drug-likeness (QED) is 0.388. The van der Waals surface area contributed by atoms with Crippen LogP contribution >= 0.6 is 11.8 Å². The molecule has 4 rings (SSSR count). The Kier molecular flexibility index (Phi) is 5.37. The van der Waals surface area contributed by atoms with Crippen molar-refractivity contribution in [1.29, 1.82) is 0 Å². The Morgan fingerprint density at radius 2 is 1.90 bits per heavy atom. The highest BCUT2D eigenvalue weighted by molar-refractivity contribution is 7.98. The molecule has 0 radical (unpaired) electrons. The number of fused-ring (bicyclic) bond motifs is 1. The summed E-state index contributed by atoms with van der Waals surface area (Å²) in [6, 6.07) is 18.7. The van der Waals surface area contributed by atoms with Crippen molar-refractivity contribution in [2.45, 2.75) is 17.8 Å². The summed E-state index contributed by atoms with van der Waals surface area (Å²) >= 11 is 1.33. The smallest absolute Gasteiger partial charge is 0.266 e. The SMILES string of the molecule is Cc1ccc(-n2c(SCc3cccc(C(N)=O)c3)nc3ccccc3c2=O)cc1F. The molecule has 30 heavy (non-hydrogen) atoms. The van der Waals surface area contributed by atoms with Gasteiger partial charge in [0, 0.05) is 11.3 Å². The maximum atomic E-state index is 14.2. The Morgan fingerprint density at radius 1 is 1.10 bits per heavy atom. The van der Waals surface area contributed by atoms with Gasteiger partial charge in [0.15, 0.2) is 5.16 Å². The van der Waals surface area contributed by atoms with Gasteiger partial charge in [0.25, 0.3) is 5.56 Å². The molecule has 0 unspecified atom stereocenters. The number of primary amides is 1. The summed E-state index contributed by atoms with van der Waals surface area (Å²) in [6.45, 7) is 1.67. The maximum absolute atomic E-state index is 14.2. The Morgan fingerprint density at radius 3 is 2.67 bits per heavy atom. The zero-order chi connectivity index (χ0) is 21.3. The summed E-state index contributed by atoms with van der Waals surface area (Å²) < 4.78 is 15.7. The molecule has 4 aromatic rings. The minimum Gasteiger partial charge on any atom is -0.366 e. The number of hydrogen-bond acceptors (Lipinski definition) is 4. The van der Waals surface area contributed by atoms with Crippen LogP contribution in [0, 0.1) is 12.7 Å². The third-order valence-corrected chi connectivity index (χ3v) is 5.75. The Bertz CT molecular complexity index is 1330. The van der Waals surface area contributed by atoms with E-state index in [4.69, 9.17) is 5.73 Å². The fourth-order valence-electron chi connectivity index (χ4n) is 3.12. The highest BCUT2D eigenvalue weighted by atomic mass is 32.2. The molecular weight excluding hydrogens is 401 g/mol. The average molecular weight is 419 g/mol. The number of rotatable bonds is 5. The van der Waals surface area contributed by atoms with Gasteiger partial charge in [-0.25, -0.2) is 9.37 Å². The van der Waals surface area contributed by atoms with Crippen LogP contribution in [-0.4, -0.2) is 15.5 Å². The lowest BCUT2D eigenvalue weighted by Crippen LogP contribution is -2.22. The molecule has 0 fully saturated rings. The van der Waals surface area contributed by atoms with Crippen LogP contribution in [0.15, 0.2) is 76.7 Å². The first-order valence-electron chi connectivity index (χ1n) is 9.24. The molecule has 0 atom stereocenters. The predicted octanol–water partition coefficient (Wildman–Crippen LogP) is 4.22. The minimum atomic E-state index is -0.502. The second kappa shape index (κ2) is 8.12. The van der Waals surface area contributed by atoms with E-state index in [1.54, 1.807) is 55.5 Å². The van der Waals surface area contributed by atoms with Gasteiger partial charge >= 0.3 is 0 Å². The van der Waals surface area contributed by atoms with Crippen LogP contribution in [0.2, 0.25) is 0 Å². The maximum Gasteiger partial charge on any atom is 0.266 e. The summed E-state index contributed by atoms with van der Waals surface area (Å²) in [5.41, 5.74) is 7.85. The molecule has 0 saturated carbocycles. The standard InChI is InChI=1S/C23H18FN3O2S/c1-14-9-10-17(12-19(14)24)27-22(29)18-7-2-3-8-20(18)26-23(27)30-13-15-5-4-6-16(11-15)21(25)28/h2-12H,13H2,1H3,(H2,25,28). The number of aromatic nitrogens is 2. The Labute approximate surface area is 176 Å². The van der Waals surface area contributed by atoms with E-state index in [1.807, 2.05) is 12.1 Å². The fourth-order valence-corrected chi connectivity index (χ4v) is 4.08. The fraction of sp³-hybridized carbons (Fsp3) is 0.0870. The first kappa shape index (κ1) is 19.8. The van der Waals surface area contributed by atoms with Crippen molar-refractivity contribution >= 4 is 28.6 Å². The van der Waals surface area contributed by atoms with E-state index in [-0.39, 0.29) is 5.56 Å². The lowest BCUT2D eigenvalue weighted by atomic mass is 10.1. The highest BCUT2D eigenvalue weighted by Gasteiger charge is 2.15. The van der Waals surface area contributed by atoms with Gasteiger partial charge in [0.1, 0.15) is 5.82 Å². The largest absolute Gasteiger partial charge is 0.366 e. The zero-order valence-electron chi connectivity index (χ0n) is 16.1. The number of benzene rings is 3. The molecule has 0 aliphatic carbocycles. The third-order valence-electron chi connectivity index (χ3n) is 4.74. The van der Waals surface area contributed by atoms with E-state index in [0.29, 0.717) is 38.6 Å². The van der Waals surface area contributed by atoms with Gasteiger partial charge in [0.05, 0.1) is 16.6 Å². The number of carbonyl (C=O) groups excluding carboxylic acids is 1. The number of carbonyl (C=O) groups is 1. The molecule has 3 aromatic carbocycles. The van der Waals surface area contributed by atoms with Crippen molar-refractivity contribution in [1.82, 2.24) is 9.55 Å². The number of para-hydroxylation sites is 1. The molecule has 0 aliphatic heterocycles. The molecule has 1 heterocycles. The van der Waals surface area contributed by atoms with Crippen LogP contribution in [0.1, 0.15) is 21.5 Å². The second-order valence-electron chi connectivity index (χ2n) is 6.84. The van der Waals surface area contributed by atoms with Gasteiger partial charge < -0.3 is 5.73 Å². The zero-order valence-corrected chi connectivity index (χ0v) is 16.9. The van der Waals surface area contributed by atoms with Gasteiger partial charge in [-0.15, -0.1) is 0 Å². The van der Waals surface area contributed by atoms with Crippen molar-refractivity contribution < 1.29 is 9.18 Å². The van der Waals surface area contributed by atoms with Gasteiger partial charge in [0.2, 0.25) is 5.91 Å². The van der Waals surface area contributed by atoms with Crippen molar-refractivity contribution in [2.75, 3.05) is 0 Å². The summed E-state index contributed by atoms with van der Waals surface area (Å²) in [7, 11) is 0. The number of nitrogens with zero attached hydrogens (tertiary/aromatic N) is 2. The summed E-state index contributed by atoms with van der Waals surface area (Å²) in [5, 5.41) is 0.894. The molecule has 1 amide bonds.